The topological polar surface area (TPSA) is 29.5 Å². The summed E-state index contributed by atoms with van der Waals surface area (Å²) in [5.74, 6) is 0.0994. The Balaban J connectivity index is 1.97. The van der Waals surface area contributed by atoms with E-state index in [9.17, 15) is 4.79 Å². The van der Waals surface area contributed by atoms with Gasteiger partial charge < -0.3 is 4.74 Å². The van der Waals surface area contributed by atoms with Gasteiger partial charge in [0.25, 0.3) is 0 Å². The molecule has 3 nitrogen and oxygen atoms in total. The molecule has 0 aliphatic heterocycles. The SMILES string of the molecule is COC(CC(=O)c1ccccc1)N(C)Cc1ccccc1. The molecular weight excluding hydrogens is 262 g/mol. The van der Waals surface area contributed by atoms with Gasteiger partial charge in [0.05, 0.1) is 6.42 Å². The van der Waals surface area contributed by atoms with Crippen LogP contribution in [-0.4, -0.2) is 31.1 Å². The number of carbonyl (C=O) groups excluding carboxylic acids is 1. The summed E-state index contributed by atoms with van der Waals surface area (Å²) in [6.45, 7) is 0.751. The Morgan fingerprint density at radius 3 is 2.19 bits per heavy atom. The fourth-order valence-electron chi connectivity index (χ4n) is 2.29. The average Bonchev–Trinajstić information content (AvgIpc) is 2.54. The summed E-state index contributed by atoms with van der Waals surface area (Å²) in [5.41, 5.74) is 1.93. The largest absolute Gasteiger partial charge is 0.366 e. The molecule has 0 aliphatic carbocycles. The molecule has 0 heterocycles. The minimum Gasteiger partial charge on any atom is -0.366 e. The normalized spacial score (nSPS) is 12.3. The highest BCUT2D eigenvalue weighted by Gasteiger charge is 2.19. The first kappa shape index (κ1) is 15.4. The second-order valence-corrected chi connectivity index (χ2v) is 5.08. The first-order chi connectivity index (χ1) is 10.2. The number of hydrogen-bond acceptors (Lipinski definition) is 3. The van der Waals surface area contributed by atoms with E-state index < -0.39 is 0 Å². The van der Waals surface area contributed by atoms with Crippen LogP contribution < -0.4 is 0 Å². The summed E-state index contributed by atoms with van der Waals surface area (Å²) in [4.78, 5) is 14.3. The van der Waals surface area contributed by atoms with Gasteiger partial charge in [-0.05, 0) is 12.6 Å². The maximum atomic E-state index is 12.3. The number of carbonyl (C=O) groups is 1. The number of benzene rings is 2. The van der Waals surface area contributed by atoms with Gasteiger partial charge in [-0.25, -0.2) is 0 Å². The van der Waals surface area contributed by atoms with Crippen molar-refractivity contribution < 1.29 is 9.53 Å². The van der Waals surface area contributed by atoms with Crippen LogP contribution in [-0.2, 0) is 11.3 Å². The van der Waals surface area contributed by atoms with E-state index in [0.717, 1.165) is 12.1 Å². The smallest absolute Gasteiger partial charge is 0.166 e. The molecule has 0 radical (unpaired) electrons. The Labute approximate surface area is 126 Å². The highest BCUT2D eigenvalue weighted by Crippen LogP contribution is 2.13. The van der Waals surface area contributed by atoms with Crippen LogP contribution in [0.2, 0.25) is 0 Å². The highest BCUT2D eigenvalue weighted by atomic mass is 16.5. The molecule has 1 atom stereocenters. The zero-order valence-electron chi connectivity index (χ0n) is 12.5. The van der Waals surface area contributed by atoms with Gasteiger partial charge in [0.15, 0.2) is 5.78 Å². The van der Waals surface area contributed by atoms with Crippen molar-refractivity contribution in [1.82, 2.24) is 4.90 Å². The van der Waals surface area contributed by atoms with Crippen molar-refractivity contribution in [3.63, 3.8) is 0 Å². The van der Waals surface area contributed by atoms with Crippen LogP contribution in [0.5, 0.6) is 0 Å². The van der Waals surface area contributed by atoms with Crippen LogP contribution in [0.1, 0.15) is 22.3 Å². The fraction of sp³-hybridized carbons (Fsp3) is 0.278. The molecule has 2 rings (SSSR count). The third kappa shape index (κ3) is 4.52. The number of Topliss-reactive ketones (excluding diaryl/α,β-unsaturated/α-hetero) is 1. The molecule has 2 aromatic rings. The van der Waals surface area contributed by atoms with Crippen molar-refractivity contribution >= 4 is 5.78 Å². The monoisotopic (exact) mass is 283 g/mol. The van der Waals surface area contributed by atoms with Crippen molar-refractivity contribution in [3.8, 4) is 0 Å². The lowest BCUT2D eigenvalue weighted by atomic mass is 10.1. The van der Waals surface area contributed by atoms with E-state index >= 15 is 0 Å². The summed E-state index contributed by atoms with van der Waals surface area (Å²) >= 11 is 0. The lowest BCUT2D eigenvalue weighted by Crippen LogP contribution is -2.34. The first-order valence-corrected chi connectivity index (χ1v) is 7.06. The lowest BCUT2D eigenvalue weighted by molar-refractivity contribution is -0.0231. The fourth-order valence-corrected chi connectivity index (χ4v) is 2.29. The molecule has 0 fully saturated rings. The number of hydrogen-bond donors (Lipinski definition) is 0. The third-order valence-corrected chi connectivity index (χ3v) is 3.49. The number of rotatable bonds is 7. The van der Waals surface area contributed by atoms with Crippen molar-refractivity contribution in [1.29, 1.82) is 0 Å². The van der Waals surface area contributed by atoms with Gasteiger partial charge in [0.1, 0.15) is 6.23 Å². The molecule has 0 spiro atoms. The number of nitrogens with zero attached hydrogens (tertiary/aromatic N) is 1. The van der Waals surface area contributed by atoms with Gasteiger partial charge in [-0.15, -0.1) is 0 Å². The summed E-state index contributed by atoms with van der Waals surface area (Å²) in [6.07, 6.45) is 0.127. The number of ether oxygens (including phenoxy) is 1. The molecule has 0 saturated heterocycles. The quantitative estimate of drug-likeness (QED) is 0.576. The second-order valence-electron chi connectivity index (χ2n) is 5.08. The van der Waals surface area contributed by atoms with Gasteiger partial charge in [0.2, 0.25) is 0 Å². The van der Waals surface area contributed by atoms with Gasteiger partial charge in [0, 0.05) is 19.2 Å². The average molecular weight is 283 g/mol. The van der Waals surface area contributed by atoms with E-state index in [1.165, 1.54) is 5.56 Å². The Morgan fingerprint density at radius 2 is 1.62 bits per heavy atom. The summed E-state index contributed by atoms with van der Waals surface area (Å²) in [7, 11) is 3.61. The Bertz CT molecular complexity index is 554. The third-order valence-electron chi connectivity index (χ3n) is 3.49. The molecule has 1 unspecified atom stereocenters. The summed E-state index contributed by atoms with van der Waals surface area (Å²) < 4.78 is 5.48. The van der Waals surface area contributed by atoms with E-state index in [-0.39, 0.29) is 12.0 Å². The Morgan fingerprint density at radius 1 is 1.05 bits per heavy atom. The minimum absolute atomic E-state index is 0.0994. The standard InChI is InChI=1S/C18H21NO2/c1-19(14-15-9-5-3-6-10-15)18(21-2)13-17(20)16-11-7-4-8-12-16/h3-12,18H,13-14H2,1-2H3. The molecule has 0 amide bonds. The molecule has 2 aromatic carbocycles. The molecule has 21 heavy (non-hydrogen) atoms. The van der Waals surface area contributed by atoms with Gasteiger partial charge in [-0.3, -0.25) is 9.69 Å². The van der Waals surface area contributed by atoms with Crippen LogP contribution >= 0.6 is 0 Å². The van der Waals surface area contributed by atoms with E-state index in [2.05, 4.69) is 17.0 Å². The van der Waals surface area contributed by atoms with Crippen LogP contribution in [0.3, 0.4) is 0 Å². The van der Waals surface area contributed by atoms with E-state index in [1.54, 1.807) is 7.11 Å². The minimum atomic E-state index is -0.224. The molecule has 0 bridgehead atoms. The Hall–Kier alpha value is -1.97. The van der Waals surface area contributed by atoms with Crippen LogP contribution in [0.4, 0.5) is 0 Å². The van der Waals surface area contributed by atoms with E-state index in [1.807, 2.05) is 55.6 Å². The maximum Gasteiger partial charge on any atom is 0.166 e. The molecule has 3 heteroatoms. The number of methoxy groups -OCH3 is 1. The van der Waals surface area contributed by atoms with Crippen molar-refractivity contribution in [2.24, 2.45) is 0 Å². The predicted octanol–water partition coefficient (Wildman–Crippen LogP) is 3.36. The zero-order valence-corrected chi connectivity index (χ0v) is 12.5. The number of ketones is 1. The van der Waals surface area contributed by atoms with Gasteiger partial charge >= 0.3 is 0 Å². The van der Waals surface area contributed by atoms with Gasteiger partial charge in [-0.1, -0.05) is 60.7 Å². The van der Waals surface area contributed by atoms with E-state index in [4.69, 9.17) is 4.74 Å². The van der Waals surface area contributed by atoms with E-state index in [0.29, 0.717) is 6.42 Å². The second kappa shape index (κ2) is 7.72. The van der Waals surface area contributed by atoms with Crippen LogP contribution in [0.25, 0.3) is 0 Å². The predicted molar refractivity (Wildman–Crippen MR) is 84.1 cm³/mol. The molecule has 0 aliphatic rings. The lowest BCUT2D eigenvalue weighted by Gasteiger charge is -2.26. The maximum absolute atomic E-state index is 12.3. The van der Waals surface area contributed by atoms with Crippen LogP contribution in [0.15, 0.2) is 60.7 Å². The molecular formula is C18H21NO2. The van der Waals surface area contributed by atoms with Crippen LogP contribution in [0, 0.1) is 0 Å². The van der Waals surface area contributed by atoms with Crippen molar-refractivity contribution in [3.05, 3.63) is 71.8 Å². The highest BCUT2D eigenvalue weighted by molar-refractivity contribution is 5.96. The van der Waals surface area contributed by atoms with Gasteiger partial charge in [-0.2, -0.15) is 0 Å². The Kier molecular flexibility index (Phi) is 5.67. The van der Waals surface area contributed by atoms with Crippen molar-refractivity contribution in [2.45, 2.75) is 19.2 Å². The summed E-state index contributed by atoms with van der Waals surface area (Å²) in [5, 5.41) is 0. The molecule has 0 saturated carbocycles. The first-order valence-electron chi connectivity index (χ1n) is 7.06. The zero-order chi connectivity index (χ0) is 15.1. The molecule has 0 aromatic heterocycles. The molecule has 110 valence electrons. The summed E-state index contributed by atoms with van der Waals surface area (Å²) in [6, 6.07) is 19.5. The molecule has 0 N–H and O–H groups in total. The van der Waals surface area contributed by atoms with Crippen molar-refractivity contribution in [2.75, 3.05) is 14.2 Å².